The van der Waals surface area contributed by atoms with Crippen molar-refractivity contribution in [3.63, 3.8) is 0 Å². The molecule has 1 aromatic heterocycles. The minimum atomic E-state index is -0.779. The molecule has 2 fully saturated rings. The Kier molecular flexibility index (Phi) is 9.12. The summed E-state index contributed by atoms with van der Waals surface area (Å²) in [6.07, 6.45) is 3.79. The number of hydrogen-bond acceptors (Lipinski definition) is 6. The monoisotopic (exact) mass is 562 g/mol. The topological polar surface area (TPSA) is 121 Å². The molecule has 9 nitrogen and oxygen atoms in total. The molecule has 11 heteroatoms. The number of aliphatic carboxylic acids is 1. The van der Waals surface area contributed by atoms with Gasteiger partial charge in [0.1, 0.15) is 5.02 Å². The van der Waals surface area contributed by atoms with Crippen molar-refractivity contribution in [2.75, 3.05) is 19.6 Å². The molecule has 1 aromatic carbocycles. The summed E-state index contributed by atoms with van der Waals surface area (Å²) in [5.74, 6) is -1.06. The van der Waals surface area contributed by atoms with Crippen LogP contribution in [0.1, 0.15) is 54.9 Å². The van der Waals surface area contributed by atoms with Gasteiger partial charge in [0.05, 0.1) is 5.02 Å². The highest BCUT2D eigenvalue weighted by atomic mass is 35.5. The molecule has 2 aromatic rings. The van der Waals surface area contributed by atoms with Crippen molar-refractivity contribution in [3.8, 4) is 5.88 Å². The Balaban J connectivity index is 1.21. The second-order valence-corrected chi connectivity index (χ2v) is 11.0. The molecule has 1 atom stereocenters. The van der Waals surface area contributed by atoms with E-state index in [1.807, 2.05) is 13.0 Å². The molecule has 1 aliphatic heterocycles. The van der Waals surface area contributed by atoms with Crippen LogP contribution in [0.3, 0.4) is 0 Å². The first-order valence-electron chi connectivity index (χ1n) is 12.8. The molecule has 2 heterocycles. The highest BCUT2D eigenvalue weighted by Gasteiger charge is 2.52. The van der Waals surface area contributed by atoms with Crippen molar-refractivity contribution in [1.29, 1.82) is 0 Å². The zero-order chi connectivity index (χ0) is 27.3. The van der Waals surface area contributed by atoms with Crippen LogP contribution in [0.2, 0.25) is 10.0 Å². The molecule has 1 saturated heterocycles. The summed E-state index contributed by atoms with van der Waals surface area (Å²) in [5, 5.41) is 15.3. The van der Waals surface area contributed by atoms with Gasteiger partial charge in [0.2, 0.25) is 5.88 Å². The highest BCUT2D eigenvalue weighted by Crippen LogP contribution is 2.48. The van der Waals surface area contributed by atoms with Crippen LogP contribution < -0.4 is 15.4 Å². The molecule has 0 bridgehead atoms. The quantitative estimate of drug-likeness (QED) is 0.358. The third-order valence-corrected chi connectivity index (χ3v) is 7.50. The number of aromatic nitrogens is 1. The zero-order valence-corrected chi connectivity index (χ0v) is 22.7. The van der Waals surface area contributed by atoms with Gasteiger partial charge in [-0.15, -0.1) is 0 Å². The number of hydrogen-bond donors (Lipinski definition) is 3. The molecule has 2 amide bonds. The van der Waals surface area contributed by atoms with E-state index >= 15 is 0 Å². The molecule has 204 valence electrons. The third kappa shape index (κ3) is 7.15. The van der Waals surface area contributed by atoms with Crippen molar-refractivity contribution in [3.05, 3.63) is 57.7 Å². The van der Waals surface area contributed by atoms with E-state index in [4.69, 9.17) is 33.0 Å². The number of rotatable bonds is 12. The molecule has 1 spiro atoms. The average molecular weight is 563 g/mol. The van der Waals surface area contributed by atoms with Crippen molar-refractivity contribution in [1.82, 2.24) is 20.5 Å². The SMILES string of the molecule is CCC(Oc1ncc(Cl)cc1Cl)C(=O)NCc1cccc(C(=O)NC2CC3(C2)CN(CCCC(=O)O)C3)c1. The number of nitrogens with zero attached hydrogens (tertiary/aromatic N) is 2. The van der Waals surface area contributed by atoms with Crippen LogP contribution in [0.5, 0.6) is 5.88 Å². The molecule has 1 saturated carbocycles. The van der Waals surface area contributed by atoms with Crippen LogP contribution in [0, 0.1) is 5.41 Å². The molecule has 2 aliphatic rings. The maximum atomic E-state index is 12.8. The third-order valence-electron chi connectivity index (χ3n) is 7.02. The standard InChI is InChI=1S/C27H32Cl2N4O5/c1-2-22(38-26-21(29)10-19(28)14-31-26)25(37)30-13-17-5-3-6-18(9-17)24(36)32-20-11-27(12-20)15-33(16-27)8-4-7-23(34)35/h3,5-6,9-10,14,20,22H,2,4,7-8,11-13,15-16H2,1H3,(H,30,37)(H,32,36)(H,34,35). The van der Waals surface area contributed by atoms with Gasteiger partial charge < -0.3 is 25.4 Å². The Morgan fingerprint density at radius 1 is 1.24 bits per heavy atom. The van der Waals surface area contributed by atoms with Crippen LogP contribution in [0.25, 0.3) is 0 Å². The molecule has 3 N–H and O–H groups in total. The average Bonchev–Trinajstić information content (AvgIpc) is 2.83. The molecule has 38 heavy (non-hydrogen) atoms. The van der Waals surface area contributed by atoms with Gasteiger partial charge in [0, 0.05) is 43.9 Å². The van der Waals surface area contributed by atoms with Gasteiger partial charge in [0.15, 0.2) is 6.10 Å². The number of carboxylic acid groups (broad SMARTS) is 1. The van der Waals surface area contributed by atoms with Crippen molar-refractivity contribution < 1.29 is 24.2 Å². The first-order valence-corrected chi connectivity index (χ1v) is 13.5. The zero-order valence-electron chi connectivity index (χ0n) is 21.2. The number of nitrogens with one attached hydrogen (secondary N) is 2. The van der Waals surface area contributed by atoms with E-state index in [1.165, 1.54) is 12.3 Å². The fraction of sp³-hybridized carbons (Fsp3) is 0.481. The van der Waals surface area contributed by atoms with Crippen LogP contribution in [0.4, 0.5) is 0 Å². The Hall–Kier alpha value is -2.88. The first-order chi connectivity index (χ1) is 18.2. The lowest BCUT2D eigenvalue weighted by molar-refractivity contribution is -0.137. The minimum absolute atomic E-state index is 0.131. The number of likely N-dealkylation sites (tertiary alicyclic amines) is 1. The van der Waals surface area contributed by atoms with Crippen LogP contribution in [-0.2, 0) is 16.1 Å². The number of benzene rings is 1. The van der Waals surface area contributed by atoms with E-state index in [0.29, 0.717) is 23.4 Å². The summed E-state index contributed by atoms with van der Waals surface area (Å²) < 4.78 is 5.69. The van der Waals surface area contributed by atoms with Crippen LogP contribution >= 0.6 is 23.2 Å². The number of carboxylic acids is 1. The van der Waals surface area contributed by atoms with Gasteiger partial charge in [0.25, 0.3) is 11.8 Å². The number of pyridine rings is 1. The van der Waals surface area contributed by atoms with Crippen LogP contribution in [0.15, 0.2) is 36.5 Å². The maximum absolute atomic E-state index is 12.8. The van der Waals surface area contributed by atoms with Crippen molar-refractivity contribution in [2.24, 2.45) is 5.41 Å². The maximum Gasteiger partial charge on any atom is 0.303 e. The second kappa shape index (κ2) is 12.3. The predicted molar refractivity (Wildman–Crippen MR) is 143 cm³/mol. The van der Waals surface area contributed by atoms with E-state index in [-0.39, 0.29) is 47.1 Å². The summed E-state index contributed by atoms with van der Waals surface area (Å²) >= 11 is 12.0. The summed E-state index contributed by atoms with van der Waals surface area (Å²) in [5.41, 5.74) is 1.60. The van der Waals surface area contributed by atoms with Crippen molar-refractivity contribution >= 4 is 41.0 Å². The Labute approximate surface area is 231 Å². The molecule has 1 aliphatic carbocycles. The predicted octanol–water partition coefficient (Wildman–Crippen LogP) is 3.92. The fourth-order valence-electron chi connectivity index (χ4n) is 5.20. The van der Waals surface area contributed by atoms with Crippen LogP contribution in [-0.4, -0.2) is 64.6 Å². The van der Waals surface area contributed by atoms with Crippen molar-refractivity contribution in [2.45, 2.75) is 57.7 Å². The van der Waals surface area contributed by atoms with E-state index in [2.05, 4.69) is 20.5 Å². The van der Waals surface area contributed by atoms with E-state index in [0.717, 1.165) is 38.0 Å². The minimum Gasteiger partial charge on any atom is -0.481 e. The highest BCUT2D eigenvalue weighted by molar-refractivity contribution is 6.35. The number of halogens is 2. The lowest BCUT2D eigenvalue weighted by atomic mass is 9.60. The lowest BCUT2D eigenvalue weighted by Crippen LogP contribution is -2.66. The largest absolute Gasteiger partial charge is 0.481 e. The van der Waals surface area contributed by atoms with Gasteiger partial charge in [-0.2, -0.15) is 0 Å². The Morgan fingerprint density at radius 2 is 2.00 bits per heavy atom. The molecule has 4 rings (SSSR count). The first kappa shape index (κ1) is 28.1. The summed E-state index contributed by atoms with van der Waals surface area (Å²) in [7, 11) is 0. The number of carbonyl (C=O) groups is 3. The van der Waals surface area contributed by atoms with E-state index in [9.17, 15) is 14.4 Å². The Morgan fingerprint density at radius 3 is 2.68 bits per heavy atom. The van der Waals surface area contributed by atoms with E-state index < -0.39 is 12.1 Å². The van der Waals surface area contributed by atoms with Gasteiger partial charge in [-0.1, -0.05) is 42.3 Å². The van der Waals surface area contributed by atoms with E-state index in [1.54, 1.807) is 18.2 Å². The van der Waals surface area contributed by atoms with Gasteiger partial charge in [-0.05, 0) is 61.4 Å². The van der Waals surface area contributed by atoms with Gasteiger partial charge in [-0.3, -0.25) is 14.4 Å². The summed E-state index contributed by atoms with van der Waals surface area (Å²) in [4.78, 5) is 42.5. The molecule has 1 unspecified atom stereocenters. The second-order valence-electron chi connectivity index (χ2n) is 10.2. The molecular weight excluding hydrogens is 531 g/mol. The molecular formula is C27H32Cl2N4O5. The smallest absolute Gasteiger partial charge is 0.303 e. The summed E-state index contributed by atoms with van der Waals surface area (Å²) in [6.45, 7) is 4.81. The summed E-state index contributed by atoms with van der Waals surface area (Å²) in [6, 6.07) is 8.82. The molecule has 0 radical (unpaired) electrons. The number of carbonyl (C=O) groups excluding carboxylic acids is 2. The normalized spacial score (nSPS) is 17.2. The lowest BCUT2D eigenvalue weighted by Gasteiger charge is -2.59. The van der Waals surface area contributed by atoms with Gasteiger partial charge >= 0.3 is 5.97 Å². The number of amides is 2. The Bertz CT molecular complexity index is 1180. The van der Waals surface area contributed by atoms with Gasteiger partial charge in [-0.25, -0.2) is 4.98 Å². The fourth-order valence-corrected chi connectivity index (χ4v) is 5.62. The number of ether oxygens (including phenoxy) is 1.